The van der Waals surface area contributed by atoms with Gasteiger partial charge in [-0.15, -0.1) is 0 Å². The third-order valence-corrected chi connectivity index (χ3v) is 5.60. The summed E-state index contributed by atoms with van der Waals surface area (Å²) in [4.78, 5) is 5.17. The lowest BCUT2D eigenvalue weighted by molar-refractivity contribution is -0.00439. The Kier molecular flexibility index (Phi) is 3.81. The van der Waals surface area contributed by atoms with Crippen LogP contribution in [0, 0.1) is 0 Å². The van der Waals surface area contributed by atoms with Gasteiger partial charge in [-0.1, -0.05) is 6.92 Å². The van der Waals surface area contributed by atoms with Gasteiger partial charge >= 0.3 is 0 Å². The number of hydrogen-bond acceptors (Lipinski definition) is 3. The van der Waals surface area contributed by atoms with Crippen molar-refractivity contribution in [2.75, 3.05) is 20.6 Å². The summed E-state index contributed by atoms with van der Waals surface area (Å²) >= 11 is 0. The molecule has 2 saturated heterocycles. The molecule has 0 aliphatic carbocycles. The van der Waals surface area contributed by atoms with Gasteiger partial charge in [0, 0.05) is 30.2 Å². The number of nitrogens with zero attached hydrogens (tertiary/aromatic N) is 2. The summed E-state index contributed by atoms with van der Waals surface area (Å²) in [6.07, 6.45) is 6.48. The second-order valence-corrected chi connectivity index (χ2v) is 6.26. The molecule has 0 saturated carbocycles. The Labute approximate surface area is 106 Å². The van der Waals surface area contributed by atoms with Crippen LogP contribution >= 0.6 is 0 Å². The van der Waals surface area contributed by atoms with Crippen molar-refractivity contribution in [2.45, 2.75) is 69.6 Å². The Morgan fingerprint density at radius 3 is 2.29 bits per heavy atom. The molecule has 2 aliphatic rings. The molecule has 2 aliphatic heterocycles. The Morgan fingerprint density at radius 1 is 1.35 bits per heavy atom. The van der Waals surface area contributed by atoms with E-state index >= 15 is 0 Å². The molecule has 3 unspecified atom stereocenters. The molecule has 0 amide bonds. The third kappa shape index (κ3) is 2.13. The van der Waals surface area contributed by atoms with E-state index in [9.17, 15) is 0 Å². The van der Waals surface area contributed by atoms with Crippen LogP contribution in [0.15, 0.2) is 0 Å². The van der Waals surface area contributed by atoms with E-state index in [1.807, 2.05) is 0 Å². The van der Waals surface area contributed by atoms with Crippen molar-refractivity contribution in [3.63, 3.8) is 0 Å². The van der Waals surface area contributed by atoms with Crippen LogP contribution in [-0.4, -0.2) is 54.1 Å². The average Bonchev–Trinajstić information content (AvgIpc) is 2.59. The van der Waals surface area contributed by atoms with Crippen molar-refractivity contribution in [1.29, 1.82) is 0 Å². The van der Waals surface area contributed by atoms with Crippen LogP contribution in [-0.2, 0) is 0 Å². The first-order valence-corrected chi connectivity index (χ1v) is 7.19. The molecule has 100 valence electrons. The minimum atomic E-state index is 0.258. The fourth-order valence-corrected chi connectivity index (χ4v) is 3.88. The molecule has 2 rings (SSSR count). The highest BCUT2D eigenvalue weighted by Crippen LogP contribution is 2.42. The fourth-order valence-electron chi connectivity index (χ4n) is 3.88. The van der Waals surface area contributed by atoms with E-state index in [-0.39, 0.29) is 5.54 Å². The minimum Gasteiger partial charge on any atom is -0.329 e. The number of fused-ring (bicyclic) bond motifs is 2. The third-order valence-electron chi connectivity index (χ3n) is 5.60. The average molecular weight is 239 g/mol. The predicted octanol–water partition coefficient (Wildman–Crippen LogP) is 1.67. The summed E-state index contributed by atoms with van der Waals surface area (Å²) in [5.41, 5.74) is 6.43. The smallest absolute Gasteiger partial charge is 0.0361 e. The van der Waals surface area contributed by atoms with Gasteiger partial charge in [0.15, 0.2) is 0 Å². The van der Waals surface area contributed by atoms with E-state index in [4.69, 9.17) is 5.73 Å². The summed E-state index contributed by atoms with van der Waals surface area (Å²) in [5.74, 6) is 0. The SMILES string of the molecule is CCC(C)N(C)C1(CN)CC2CCC(C1)N2C. The molecule has 2 fully saturated rings. The van der Waals surface area contributed by atoms with Gasteiger partial charge in [0.2, 0.25) is 0 Å². The lowest BCUT2D eigenvalue weighted by Crippen LogP contribution is -2.62. The second-order valence-electron chi connectivity index (χ2n) is 6.26. The number of nitrogens with two attached hydrogens (primary N) is 1. The first-order valence-electron chi connectivity index (χ1n) is 7.19. The van der Waals surface area contributed by atoms with Crippen molar-refractivity contribution < 1.29 is 0 Å². The zero-order chi connectivity index (χ0) is 12.6. The van der Waals surface area contributed by atoms with Crippen LogP contribution < -0.4 is 5.73 Å². The van der Waals surface area contributed by atoms with E-state index in [1.54, 1.807) is 0 Å². The maximum atomic E-state index is 6.17. The van der Waals surface area contributed by atoms with Gasteiger partial charge in [0.25, 0.3) is 0 Å². The van der Waals surface area contributed by atoms with E-state index in [0.29, 0.717) is 6.04 Å². The van der Waals surface area contributed by atoms with Gasteiger partial charge in [-0.2, -0.15) is 0 Å². The summed E-state index contributed by atoms with van der Waals surface area (Å²) in [5, 5.41) is 0. The lowest BCUT2D eigenvalue weighted by atomic mass is 9.80. The van der Waals surface area contributed by atoms with Gasteiger partial charge in [-0.25, -0.2) is 0 Å². The van der Waals surface area contributed by atoms with E-state index in [0.717, 1.165) is 18.6 Å². The zero-order valence-electron chi connectivity index (χ0n) is 11.9. The van der Waals surface area contributed by atoms with Gasteiger partial charge < -0.3 is 10.6 Å². The highest BCUT2D eigenvalue weighted by atomic mass is 15.3. The monoisotopic (exact) mass is 239 g/mol. The van der Waals surface area contributed by atoms with Crippen molar-refractivity contribution in [2.24, 2.45) is 5.73 Å². The van der Waals surface area contributed by atoms with Crippen LogP contribution in [0.2, 0.25) is 0 Å². The molecule has 0 radical (unpaired) electrons. The first-order chi connectivity index (χ1) is 8.04. The molecule has 0 aromatic heterocycles. The van der Waals surface area contributed by atoms with Gasteiger partial charge in [-0.05, 0) is 53.1 Å². The van der Waals surface area contributed by atoms with Gasteiger partial charge in [0.05, 0.1) is 0 Å². The first kappa shape index (κ1) is 13.3. The molecule has 0 spiro atoms. The molecule has 3 atom stereocenters. The van der Waals surface area contributed by atoms with E-state index in [2.05, 4.69) is 37.7 Å². The highest BCUT2D eigenvalue weighted by molar-refractivity contribution is 5.06. The van der Waals surface area contributed by atoms with Gasteiger partial charge in [0.1, 0.15) is 0 Å². The molecule has 0 aromatic carbocycles. The number of rotatable bonds is 4. The van der Waals surface area contributed by atoms with Crippen LogP contribution in [0.25, 0.3) is 0 Å². The Morgan fingerprint density at radius 2 is 1.88 bits per heavy atom. The number of piperidine rings is 1. The molecule has 2 bridgehead atoms. The lowest BCUT2D eigenvalue weighted by Gasteiger charge is -2.51. The van der Waals surface area contributed by atoms with E-state index < -0.39 is 0 Å². The normalized spacial score (nSPS) is 39.9. The van der Waals surface area contributed by atoms with Crippen molar-refractivity contribution in [1.82, 2.24) is 9.80 Å². The maximum absolute atomic E-state index is 6.17. The van der Waals surface area contributed by atoms with Crippen molar-refractivity contribution >= 4 is 0 Å². The molecule has 0 aromatic rings. The van der Waals surface area contributed by atoms with Crippen LogP contribution in [0.3, 0.4) is 0 Å². The van der Waals surface area contributed by atoms with E-state index in [1.165, 1.54) is 32.1 Å². The zero-order valence-corrected chi connectivity index (χ0v) is 11.9. The molecule has 3 heteroatoms. The molecule has 3 nitrogen and oxygen atoms in total. The van der Waals surface area contributed by atoms with Crippen LogP contribution in [0.1, 0.15) is 46.0 Å². The highest BCUT2D eigenvalue weighted by Gasteiger charge is 2.48. The molecule has 2 N–H and O–H groups in total. The fraction of sp³-hybridized carbons (Fsp3) is 1.00. The Balaban J connectivity index is 2.16. The summed E-state index contributed by atoms with van der Waals surface area (Å²) in [6, 6.07) is 2.17. The second kappa shape index (κ2) is 4.87. The summed E-state index contributed by atoms with van der Waals surface area (Å²) in [7, 11) is 4.58. The van der Waals surface area contributed by atoms with Crippen molar-refractivity contribution in [3.8, 4) is 0 Å². The van der Waals surface area contributed by atoms with Crippen LogP contribution in [0.5, 0.6) is 0 Å². The standard InChI is InChI=1S/C14H29N3/c1-5-11(2)17(4)14(10-15)8-12-6-7-13(9-14)16(12)3/h11-13H,5-10,15H2,1-4H3. The maximum Gasteiger partial charge on any atom is 0.0361 e. The number of hydrogen-bond donors (Lipinski definition) is 1. The Hall–Kier alpha value is -0.120. The van der Waals surface area contributed by atoms with Gasteiger partial charge in [-0.3, -0.25) is 4.90 Å². The quantitative estimate of drug-likeness (QED) is 0.810. The molecule has 17 heavy (non-hydrogen) atoms. The van der Waals surface area contributed by atoms with Crippen molar-refractivity contribution in [3.05, 3.63) is 0 Å². The topological polar surface area (TPSA) is 32.5 Å². The number of likely N-dealkylation sites (N-methyl/N-ethyl adjacent to an activating group) is 1. The molecular formula is C14H29N3. The largest absolute Gasteiger partial charge is 0.329 e. The predicted molar refractivity (Wildman–Crippen MR) is 73.1 cm³/mol. The molecule has 2 heterocycles. The summed E-state index contributed by atoms with van der Waals surface area (Å²) < 4.78 is 0. The summed E-state index contributed by atoms with van der Waals surface area (Å²) in [6.45, 7) is 5.42. The van der Waals surface area contributed by atoms with Crippen LogP contribution in [0.4, 0.5) is 0 Å². The molecular weight excluding hydrogens is 210 g/mol. The minimum absolute atomic E-state index is 0.258. The Bertz CT molecular complexity index is 252.